The second-order valence-corrected chi connectivity index (χ2v) is 15.7. The van der Waals surface area contributed by atoms with E-state index in [9.17, 15) is 39.0 Å². The van der Waals surface area contributed by atoms with Crippen molar-refractivity contribution < 1.29 is 62.7 Å². The summed E-state index contributed by atoms with van der Waals surface area (Å²) < 4.78 is 28.7. The number of rotatable bonds is 28. The summed E-state index contributed by atoms with van der Waals surface area (Å²) in [5.41, 5.74) is 17.0. The van der Waals surface area contributed by atoms with Crippen molar-refractivity contribution in [1.82, 2.24) is 21.3 Å². The number of Topliss-reactive ketones (excluding diaryl/α,β-unsaturated/α-hetero) is 1. The lowest BCUT2D eigenvalue weighted by Gasteiger charge is -2.36. The van der Waals surface area contributed by atoms with E-state index in [0.717, 1.165) is 0 Å². The Hall–Kier alpha value is -6.52. The molecule has 2 heterocycles. The van der Waals surface area contributed by atoms with Gasteiger partial charge in [-0.25, -0.2) is 4.79 Å². The van der Waals surface area contributed by atoms with E-state index < -0.39 is 47.8 Å². The minimum atomic E-state index is -1.42. The molecule has 0 saturated carbocycles. The lowest BCUT2D eigenvalue weighted by atomic mass is 9.77. The number of hydrogen-bond donors (Lipinski definition) is 9. The predicted molar refractivity (Wildman–Crippen MR) is 243 cm³/mol. The van der Waals surface area contributed by atoms with Gasteiger partial charge < -0.3 is 72.4 Å². The fraction of sp³-hybridized carbons (Fsp3) is 0.444. The number of guanidine groups is 1. The lowest BCUT2D eigenvalue weighted by Crippen LogP contribution is -2.49. The Balaban J connectivity index is 0.868. The Morgan fingerprint density at radius 1 is 0.746 bits per heavy atom. The van der Waals surface area contributed by atoms with Crippen molar-refractivity contribution in [1.29, 1.82) is 0 Å². The first-order chi connectivity index (χ1) is 32.2. The number of halogens is 1. The van der Waals surface area contributed by atoms with Gasteiger partial charge >= 0.3 is 5.97 Å². The normalized spacial score (nSPS) is 13.7. The zero-order chi connectivity index (χ0) is 48.3. The number of carbonyl (C=O) groups excluding carboxylic acids is 6. The first-order valence-electron chi connectivity index (χ1n) is 21.7. The van der Waals surface area contributed by atoms with E-state index in [1.165, 1.54) is 30.3 Å². The number of nitrogens with one attached hydrogen (secondary N) is 4. The Bertz CT molecular complexity index is 2220. The van der Waals surface area contributed by atoms with Gasteiger partial charge in [-0.15, -0.1) is 11.6 Å². The summed E-state index contributed by atoms with van der Waals surface area (Å²) in [4.78, 5) is 79.2. The average molecular weight is 953 g/mol. The number of amides is 4. The number of nitrogens with zero attached hydrogens (tertiary/aromatic N) is 1. The second kappa shape index (κ2) is 25.4. The molecular weight excluding hydrogens is 896 g/mol. The van der Waals surface area contributed by atoms with E-state index in [2.05, 4.69) is 26.3 Å². The number of phenolic OH excluding ortho intramolecular Hbond substituents is 2. The highest BCUT2D eigenvalue weighted by molar-refractivity contribution is 6.28. The third-order valence-corrected chi connectivity index (χ3v) is 10.8. The fourth-order valence-electron chi connectivity index (χ4n) is 7.23. The lowest BCUT2D eigenvalue weighted by molar-refractivity contribution is -0.129. The molecule has 22 heteroatoms. The zero-order valence-electron chi connectivity index (χ0n) is 36.8. The van der Waals surface area contributed by atoms with Crippen LogP contribution in [0, 0.1) is 0 Å². The quantitative estimate of drug-likeness (QED) is 0.0161. The van der Waals surface area contributed by atoms with Crippen LogP contribution in [0.5, 0.6) is 23.0 Å². The molecule has 362 valence electrons. The van der Waals surface area contributed by atoms with Crippen molar-refractivity contribution in [2.24, 2.45) is 22.2 Å². The molecule has 1 spiro atoms. The SMILES string of the molecule is NC(N)=NCCC[C@H](NC(=O)CNC(=O)[C@@H](N)CCC(=O)NCCCOCCOCCOCCCNC(=O)c1ccc2c(c1)C(=O)OC21c2ccc(O)cc2Oc2cc(O)ccc21)C(=O)CCl. The van der Waals surface area contributed by atoms with Gasteiger partial charge in [-0.05, 0) is 68.5 Å². The third-order valence-electron chi connectivity index (χ3n) is 10.6. The molecule has 3 aromatic carbocycles. The average Bonchev–Trinajstić information content (AvgIpc) is 3.59. The fourth-order valence-corrected chi connectivity index (χ4v) is 7.42. The number of ether oxygens (including phenoxy) is 5. The van der Waals surface area contributed by atoms with Crippen LogP contribution in [0.15, 0.2) is 59.6 Å². The number of hydrogen-bond acceptors (Lipinski definition) is 15. The van der Waals surface area contributed by atoms with Crippen LogP contribution in [0.2, 0.25) is 0 Å². The summed E-state index contributed by atoms with van der Waals surface area (Å²) >= 11 is 5.65. The number of alkyl halides is 1. The Kier molecular flexibility index (Phi) is 19.5. The van der Waals surface area contributed by atoms with Gasteiger partial charge in [-0.1, -0.05) is 6.07 Å². The van der Waals surface area contributed by atoms with Crippen molar-refractivity contribution in [2.75, 3.05) is 71.7 Å². The number of phenols is 2. The van der Waals surface area contributed by atoms with Gasteiger partial charge in [-0.2, -0.15) is 0 Å². The minimum Gasteiger partial charge on any atom is -0.508 e. The first kappa shape index (κ1) is 51.5. The van der Waals surface area contributed by atoms with Crippen molar-refractivity contribution >= 4 is 52.9 Å². The molecule has 5 rings (SSSR count). The summed E-state index contributed by atoms with van der Waals surface area (Å²) in [6.45, 7) is 2.66. The van der Waals surface area contributed by atoms with Crippen LogP contribution in [0.4, 0.5) is 0 Å². The van der Waals surface area contributed by atoms with Crippen LogP contribution in [0.1, 0.15) is 75.9 Å². The summed E-state index contributed by atoms with van der Waals surface area (Å²) in [6.07, 6.45) is 1.80. The van der Waals surface area contributed by atoms with E-state index in [1.807, 2.05) is 0 Å². The molecule has 21 nitrogen and oxygen atoms in total. The summed E-state index contributed by atoms with van der Waals surface area (Å²) in [7, 11) is 0. The molecule has 67 heavy (non-hydrogen) atoms. The molecule has 0 fully saturated rings. The molecule has 3 aromatic rings. The number of carbonyl (C=O) groups is 6. The molecule has 12 N–H and O–H groups in total. The molecular formula is C45H57ClN8O13. The van der Waals surface area contributed by atoms with Crippen molar-refractivity contribution in [3.63, 3.8) is 0 Å². The van der Waals surface area contributed by atoms with Crippen LogP contribution in [0.3, 0.4) is 0 Å². The largest absolute Gasteiger partial charge is 0.508 e. The molecule has 4 amide bonds. The third kappa shape index (κ3) is 14.5. The Labute approximate surface area is 391 Å². The van der Waals surface area contributed by atoms with Crippen molar-refractivity contribution in [3.8, 4) is 23.0 Å². The molecule has 0 aliphatic carbocycles. The maximum Gasteiger partial charge on any atom is 0.340 e. The number of fused-ring (bicyclic) bond motifs is 6. The highest BCUT2D eigenvalue weighted by Crippen LogP contribution is 2.57. The van der Waals surface area contributed by atoms with Gasteiger partial charge in [0.2, 0.25) is 17.7 Å². The molecule has 0 saturated heterocycles. The van der Waals surface area contributed by atoms with Gasteiger partial charge in [0, 0.05) is 73.7 Å². The molecule has 2 atom stereocenters. The van der Waals surface area contributed by atoms with E-state index in [4.69, 9.17) is 52.5 Å². The standard InChI is InChI=1S/C45H57ClN8O13/c46-25-36(57)35(4-1-13-52-44(48)49)54-40(59)26-53-42(61)34(47)11-12-39(58)50-14-2-16-63-18-20-65-21-19-64-17-3-15-51-41(60)27-5-8-31-30(22-27)43(62)67-45(31)32-9-6-28(55)23-37(32)66-38-24-29(56)7-10-33(38)45/h5-10,22-24,34-35,55-56H,1-4,11-21,25-26,47H2,(H,50,58)(H,51,60)(H,53,61)(H,54,59)(H4,48,49,52)/t34-,35-/m0/s1. The highest BCUT2D eigenvalue weighted by atomic mass is 35.5. The number of esters is 1. The monoisotopic (exact) mass is 952 g/mol. The van der Waals surface area contributed by atoms with Crippen LogP contribution >= 0.6 is 11.6 Å². The van der Waals surface area contributed by atoms with Crippen LogP contribution < -0.4 is 43.2 Å². The minimum absolute atomic E-state index is 0.00344. The van der Waals surface area contributed by atoms with E-state index in [1.54, 1.807) is 24.3 Å². The van der Waals surface area contributed by atoms with E-state index in [-0.39, 0.29) is 83.6 Å². The topological polar surface area (TPSA) is 328 Å². The maximum atomic E-state index is 13.3. The van der Waals surface area contributed by atoms with Crippen LogP contribution in [-0.2, 0) is 43.7 Å². The maximum absolute atomic E-state index is 13.3. The van der Waals surface area contributed by atoms with E-state index in [0.29, 0.717) is 88.7 Å². The van der Waals surface area contributed by atoms with Gasteiger partial charge in [0.15, 0.2) is 17.3 Å². The molecule has 2 aliphatic rings. The second-order valence-electron chi connectivity index (χ2n) is 15.5. The Morgan fingerprint density at radius 3 is 1.96 bits per heavy atom. The smallest absolute Gasteiger partial charge is 0.340 e. The Morgan fingerprint density at radius 2 is 1.34 bits per heavy atom. The number of benzene rings is 3. The van der Waals surface area contributed by atoms with Gasteiger partial charge in [0.05, 0.1) is 56.5 Å². The number of aromatic hydroxyl groups is 2. The summed E-state index contributed by atoms with van der Waals surface area (Å²) in [5, 5.41) is 30.8. The highest BCUT2D eigenvalue weighted by Gasteiger charge is 2.53. The number of nitrogens with two attached hydrogens (primary N) is 3. The molecule has 2 aliphatic heterocycles. The van der Waals surface area contributed by atoms with Gasteiger partial charge in [0.25, 0.3) is 5.91 Å². The zero-order valence-corrected chi connectivity index (χ0v) is 37.6. The van der Waals surface area contributed by atoms with Gasteiger partial charge in [0.1, 0.15) is 23.0 Å². The van der Waals surface area contributed by atoms with Crippen LogP contribution in [-0.4, -0.2) is 135 Å². The first-order valence-corrected chi connectivity index (χ1v) is 22.2. The number of ketones is 1. The van der Waals surface area contributed by atoms with E-state index >= 15 is 0 Å². The molecule has 0 bridgehead atoms. The summed E-state index contributed by atoms with van der Waals surface area (Å²) in [6, 6.07) is 11.8. The molecule has 0 aromatic heterocycles. The van der Waals surface area contributed by atoms with Gasteiger partial charge in [-0.3, -0.25) is 29.0 Å². The molecule has 0 unspecified atom stereocenters. The predicted octanol–water partition coefficient (Wildman–Crippen LogP) is 0.912. The van der Waals surface area contributed by atoms with Crippen molar-refractivity contribution in [2.45, 2.75) is 56.2 Å². The van der Waals surface area contributed by atoms with Crippen molar-refractivity contribution in [3.05, 3.63) is 82.4 Å². The summed E-state index contributed by atoms with van der Waals surface area (Å²) in [5.74, 6) is -2.90. The van der Waals surface area contributed by atoms with Crippen LogP contribution in [0.25, 0.3) is 0 Å². The number of aliphatic imine (C=N–C) groups is 1. The molecule has 0 radical (unpaired) electrons.